The maximum atomic E-state index is 14.2. The zero-order valence-electron chi connectivity index (χ0n) is 17.3. The van der Waals surface area contributed by atoms with Gasteiger partial charge in [0, 0.05) is 12.5 Å². The zero-order valence-corrected chi connectivity index (χ0v) is 17.3. The van der Waals surface area contributed by atoms with E-state index in [2.05, 4.69) is 4.74 Å². The average Bonchev–Trinajstić information content (AvgIpc) is 2.81. The predicted octanol–water partition coefficient (Wildman–Crippen LogP) is 4.96. The lowest BCUT2D eigenvalue weighted by atomic mass is 10.1. The molecule has 3 aromatic carbocycles. The van der Waals surface area contributed by atoms with Crippen LogP contribution in [-0.2, 0) is 22.6 Å². The van der Waals surface area contributed by atoms with Crippen molar-refractivity contribution in [2.24, 2.45) is 0 Å². The summed E-state index contributed by atoms with van der Waals surface area (Å²) in [7, 11) is 1.31. The van der Waals surface area contributed by atoms with E-state index in [1.54, 1.807) is 12.1 Å². The first-order valence-electron chi connectivity index (χ1n) is 9.88. The quantitative estimate of drug-likeness (QED) is 0.371. The highest BCUT2D eigenvalue weighted by atomic mass is 19.1. The van der Waals surface area contributed by atoms with Crippen LogP contribution in [0.1, 0.15) is 23.1 Å². The van der Waals surface area contributed by atoms with Crippen LogP contribution in [0.3, 0.4) is 0 Å². The molecule has 0 aliphatic rings. The van der Waals surface area contributed by atoms with E-state index in [-0.39, 0.29) is 32.0 Å². The lowest BCUT2D eigenvalue weighted by Gasteiger charge is -2.10. The predicted molar refractivity (Wildman–Crippen MR) is 116 cm³/mol. The van der Waals surface area contributed by atoms with Gasteiger partial charge in [-0.15, -0.1) is 0 Å². The van der Waals surface area contributed by atoms with E-state index in [0.29, 0.717) is 22.8 Å². The summed E-state index contributed by atoms with van der Waals surface area (Å²) in [5.74, 6) is 0.288. The number of carbonyl (C=O) groups excluding carboxylic acids is 1. The molecule has 160 valence electrons. The molecule has 31 heavy (non-hydrogen) atoms. The van der Waals surface area contributed by atoms with Crippen LogP contribution in [0.2, 0.25) is 0 Å². The molecule has 0 atom stereocenters. The Morgan fingerprint density at radius 2 is 1.65 bits per heavy atom. The lowest BCUT2D eigenvalue weighted by Crippen LogP contribution is -2.11. The Morgan fingerprint density at radius 3 is 2.32 bits per heavy atom. The summed E-state index contributed by atoms with van der Waals surface area (Å²) in [5, 5.41) is 8.07. The third kappa shape index (κ3) is 6.67. The second kappa shape index (κ2) is 10.9. The molecule has 0 fully saturated rings. The molecule has 0 saturated carbocycles. The normalized spacial score (nSPS) is 10.4. The van der Waals surface area contributed by atoms with Gasteiger partial charge >= 0.3 is 5.97 Å². The van der Waals surface area contributed by atoms with Crippen LogP contribution < -0.4 is 9.47 Å². The second-order valence-corrected chi connectivity index (χ2v) is 6.90. The summed E-state index contributed by atoms with van der Waals surface area (Å²) in [6.45, 7) is 0.461. The van der Waals surface area contributed by atoms with Crippen LogP contribution in [0.4, 0.5) is 4.39 Å². The summed E-state index contributed by atoms with van der Waals surface area (Å²) >= 11 is 0. The minimum Gasteiger partial charge on any atom is -0.489 e. The first-order valence-corrected chi connectivity index (χ1v) is 9.88. The van der Waals surface area contributed by atoms with Gasteiger partial charge in [0.25, 0.3) is 0 Å². The van der Waals surface area contributed by atoms with E-state index >= 15 is 0 Å². The van der Waals surface area contributed by atoms with E-state index in [0.717, 1.165) is 11.1 Å². The highest BCUT2D eigenvalue weighted by Gasteiger charge is 2.08. The van der Waals surface area contributed by atoms with Crippen LogP contribution in [0.5, 0.6) is 11.5 Å². The van der Waals surface area contributed by atoms with E-state index in [1.807, 2.05) is 54.6 Å². The monoisotopic (exact) mass is 421 g/mol. The first kappa shape index (κ1) is 22.0. The average molecular weight is 421 g/mol. The minimum atomic E-state index is -0.411. The number of carbonyl (C=O) groups is 1. The number of rotatable bonds is 10. The summed E-state index contributed by atoms with van der Waals surface area (Å²) < 4.78 is 30.1. The first-order chi connectivity index (χ1) is 15.0. The smallest absolute Gasteiger partial charge is 0.305 e. The van der Waals surface area contributed by atoms with Gasteiger partial charge in [0.05, 0.1) is 12.8 Å². The van der Waals surface area contributed by atoms with Crippen molar-refractivity contribution in [1.29, 1.82) is 5.41 Å². The number of ether oxygens (including phenoxy) is 3. The van der Waals surface area contributed by atoms with Gasteiger partial charge in [-0.05, 0) is 41.3 Å². The van der Waals surface area contributed by atoms with Crippen molar-refractivity contribution in [2.45, 2.75) is 19.4 Å². The van der Waals surface area contributed by atoms with E-state index < -0.39 is 5.82 Å². The molecule has 0 spiro atoms. The highest BCUT2D eigenvalue weighted by molar-refractivity contribution is 5.99. The van der Waals surface area contributed by atoms with E-state index in [1.165, 1.54) is 13.2 Å². The fourth-order valence-corrected chi connectivity index (χ4v) is 2.89. The maximum Gasteiger partial charge on any atom is 0.305 e. The van der Waals surface area contributed by atoms with Crippen LogP contribution in [0.15, 0.2) is 72.8 Å². The Hall–Kier alpha value is -3.67. The summed E-state index contributed by atoms with van der Waals surface area (Å²) in [4.78, 5) is 11.2. The molecule has 0 bridgehead atoms. The summed E-state index contributed by atoms with van der Waals surface area (Å²) in [6, 6.07) is 21.4. The van der Waals surface area contributed by atoms with Crippen molar-refractivity contribution in [3.63, 3.8) is 0 Å². The van der Waals surface area contributed by atoms with Gasteiger partial charge in [-0.3, -0.25) is 4.79 Å². The number of halogens is 1. The molecular formula is C25H24FNO4. The van der Waals surface area contributed by atoms with Gasteiger partial charge in [0.2, 0.25) is 0 Å². The standard InChI is InChI=1S/C25H24FNO4/c1-29-25(28)14-10-19-9-13-22(15-23(19)26)30-16-18-7-11-21(12-8-18)31-17-24(27)20-5-3-2-4-6-20/h2-9,11-13,15,27H,10,14,16-17H2,1H3. The molecule has 0 heterocycles. The van der Waals surface area contributed by atoms with E-state index in [9.17, 15) is 9.18 Å². The maximum absolute atomic E-state index is 14.2. The van der Waals surface area contributed by atoms with Gasteiger partial charge in [-0.2, -0.15) is 0 Å². The van der Waals surface area contributed by atoms with Gasteiger partial charge in [0.1, 0.15) is 30.5 Å². The number of methoxy groups -OCH3 is 1. The molecular weight excluding hydrogens is 397 g/mol. The van der Waals surface area contributed by atoms with Crippen molar-refractivity contribution in [3.8, 4) is 11.5 Å². The summed E-state index contributed by atoms with van der Waals surface area (Å²) in [6.07, 6.45) is 0.412. The van der Waals surface area contributed by atoms with Crippen LogP contribution in [0, 0.1) is 11.2 Å². The third-order valence-electron chi connectivity index (χ3n) is 4.68. The molecule has 3 aromatic rings. The van der Waals surface area contributed by atoms with Gasteiger partial charge in [-0.1, -0.05) is 48.5 Å². The zero-order chi connectivity index (χ0) is 22.1. The Kier molecular flexibility index (Phi) is 7.76. The van der Waals surface area contributed by atoms with Gasteiger partial charge in [0.15, 0.2) is 0 Å². The van der Waals surface area contributed by atoms with Crippen molar-refractivity contribution >= 4 is 11.7 Å². The Labute approximate surface area is 180 Å². The molecule has 0 aromatic heterocycles. The fourth-order valence-electron chi connectivity index (χ4n) is 2.89. The van der Waals surface area contributed by atoms with E-state index in [4.69, 9.17) is 14.9 Å². The number of aryl methyl sites for hydroxylation is 1. The van der Waals surface area contributed by atoms with Crippen LogP contribution in [-0.4, -0.2) is 25.4 Å². The number of nitrogens with one attached hydrogen (secondary N) is 1. The molecule has 0 aliphatic carbocycles. The molecule has 0 radical (unpaired) electrons. The molecule has 0 saturated heterocycles. The molecule has 5 nitrogen and oxygen atoms in total. The number of hydrogen-bond donors (Lipinski definition) is 1. The van der Waals surface area contributed by atoms with Gasteiger partial charge in [-0.25, -0.2) is 4.39 Å². The summed E-state index contributed by atoms with van der Waals surface area (Å²) in [5.41, 5.74) is 2.59. The third-order valence-corrected chi connectivity index (χ3v) is 4.68. The molecule has 3 rings (SSSR count). The Balaban J connectivity index is 1.48. The van der Waals surface area contributed by atoms with Gasteiger partial charge < -0.3 is 19.6 Å². The minimum absolute atomic E-state index is 0.132. The van der Waals surface area contributed by atoms with Crippen molar-refractivity contribution in [2.75, 3.05) is 13.7 Å². The molecule has 0 amide bonds. The van der Waals surface area contributed by atoms with Crippen LogP contribution in [0.25, 0.3) is 0 Å². The van der Waals surface area contributed by atoms with Crippen LogP contribution >= 0.6 is 0 Å². The Bertz CT molecular complexity index is 1020. The molecule has 6 heteroatoms. The largest absolute Gasteiger partial charge is 0.489 e. The highest BCUT2D eigenvalue weighted by Crippen LogP contribution is 2.20. The van der Waals surface area contributed by atoms with Crippen molar-refractivity contribution < 1.29 is 23.4 Å². The fraction of sp³-hybridized carbons (Fsp3) is 0.200. The SMILES string of the molecule is COC(=O)CCc1ccc(OCc2ccc(OCC(=N)c3ccccc3)cc2)cc1F. The number of esters is 1. The number of hydrogen-bond acceptors (Lipinski definition) is 5. The van der Waals surface area contributed by atoms with Crippen molar-refractivity contribution in [3.05, 3.63) is 95.3 Å². The lowest BCUT2D eigenvalue weighted by molar-refractivity contribution is -0.140. The molecule has 0 aliphatic heterocycles. The number of benzene rings is 3. The van der Waals surface area contributed by atoms with Crippen molar-refractivity contribution in [1.82, 2.24) is 0 Å². The molecule has 1 N–H and O–H groups in total. The molecule has 0 unspecified atom stereocenters. The topological polar surface area (TPSA) is 68.6 Å². The Morgan fingerprint density at radius 1 is 0.935 bits per heavy atom. The second-order valence-electron chi connectivity index (χ2n) is 6.90.